The van der Waals surface area contributed by atoms with Crippen LogP contribution in [0.4, 0.5) is 23.5 Å². The number of nitrogens with zero attached hydrogens (tertiary/aromatic N) is 4. The summed E-state index contributed by atoms with van der Waals surface area (Å²) in [6.07, 6.45) is 0. The van der Waals surface area contributed by atoms with Gasteiger partial charge in [0, 0.05) is 0 Å². The molecule has 0 unspecified atom stereocenters. The lowest BCUT2D eigenvalue weighted by Crippen LogP contribution is -2.16. The van der Waals surface area contributed by atoms with Gasteiger partial charge in [0.05, 0.1) is 5.69 Å². The lowest BCUT2D eigenvalue weighted by atomic mass is 10.3. The highest BCUT2D eigenvalue weighted by Crippen LogP contribution is 2.19. The van der Waals surface area contributed by atoms with Crippen LogP contribution in [0.2, 0.25) is 0 Å². The number of rotatable bonds is 2. The number of para-hydroxylation sites is 1. The Labute approximate surface area is 91.3 Å². The Morgan fingerprint density at radius 2 is 1.50 bits per heavy atom. The Morgan fingerprint density at radius 1 is 0.938 bits per heavy atom. The van der Waals surface area contributed by atoms with Crippen molar-refractivity contribution in [1.29, 1.82) is 0 Å². The third-order valence-corrected chi connectivity index (χ3v) is 1.85. The van der Waals surface area contributed by atoms with Crippen molar-refractivity contribution in [2.45, 2.75) is 0 Å². The van der Waals surface area contributed by atoms with E-state index >= 15 is 0 Å². The average Bonchev–Trinajstić information content (AvgIpc) is 2.28. The fourth-order valence-corrected chi connectivity index (χ4v) is 1.18. The molecule has 0 aliphatic heterocycles. The first-order valence-electron chi connectivity index (χ1n) is 4.48. The molecule has 5 N–H and O–H groups in total. The number of benzene rings is 1. The third-order valence-electron chi connectivity index (χ3n) is 1.85. The van der Waals surface area contributed by atoms with E-state index in [4.69, 9.17) is 11.5 Å². The maximum atomic E-state index is 9.81. The largest absolute Gasteiger partial charge is 0.368 e. The molecule has 0 amide bonds. The van der Waals surface area contributed by atoms with E-state index < -0.39 is 0 Å². The minimum absolute atomic E-state index is 0.0174. The van der Waals surface area contributed by atoms with Crippen molar-refractivity contribution in [3.8, 4) is 0 Å². The second-order valence-electron chi connectivity index (χ2n) is 3.00. The van der Waals surface area contributed by atoms with E-state index in [0.717, 1.165) is 5.06 Å². The first-order chi connectivity index (χ1) is 7.66. The molecular formula is C9H10N6O. The molecule has 0 spiro atoms. The first kappa shape index (κ1) is 10.1. The summed E-state index contributed by atoms with van der Waals surface area (Å²) < 4.78 is 0. The van der Waals surface area contributed by atoms with Crippen LogP contribution in [0.25, 0.3) is 0 Å². The summed E-state index contributed by atoms with van der Waals surface area (Å²) >= 11 is 0. The molecule has 0 saturated carbocycles. The van der Waals surface area contributed by atoms with Gasteiger partial charge in [-0.05, 0) is 12.1 Å². The van der Waals surface area contributed by atoms with E-state index in [1.54, 1.807) is 24.3 Å². The lowest BCUT2D eigenvalue weighted by Gasteiger charge is -2.14. The van der Waals surface area contributed by atoms with Gasteiger partial charge in [0.25, 0.3) is 5.95 Å². The van der Waals surface area contributed by atoms with Gasteiger partial charge in [-0.15, -0.1) is 0 Å². The summed E-state index contributed by atoms with van der Waals surface area (Å²) in [5.74, 6) is -0.105. The number of nitrogen functional groups attached to an aromatic ring is 2. The summed E-state index contributed by atoms with van der Waals surface area (Å²) in [6.45, 7) is 0. The number of hydrogen-bond acceptors (Lipinski definition) is 7. The zero-order valence-electron chi connectivity index (χ0n) is 8.28. The highest BCUT2D eigenvalue weighted by atomic mass is 16.5. The SMILES string of the molecule is Nc1nc(N)nc(N(O)c2ccccc2)n1. The van der Waals surface area contributed by atoms with E-state index in [1.165, 1.54) is 0 Å². The monoisotopic (exact) mass is 218 g/mol. The summed E-state index contributed by atoms with van der Waals surface area (Å²) in [5, 5.41) is 10.6. The Bertz CT molecular complexity index is 468. The molecule has 7 heteroatoms. The maximum absolute atomic E-state index is 9.81. The van der Waals surface area contributed by atoms with Crippen molar-refractivity contribution >= 4 is 23.5 Å². The van der Waals surface area contributed by atoms with E-state index in [1.807, 2.05) is 6.07 Å². The van der Waals surface area contributed by atoms with Crippen LogP contribution in [0.15, 0.2) is 30.3 Å². The maximum Gasteiger partial charge on any atom is 0.261 e. The normalized spacial score (nSPS) is 10.1. The average molecular weight is 218 g/mol. The fourth-order valence-electron chi connectivity index (χ4n) is 1.18. The second kappa shape index (κ2) is 3.99. The molecule has 0 fully saturated rings. The summed E-state index contributed by atoms with van der Waals surface area (Å²) in [5.41, 5.74) is 11.3. The molecule has 7 nitrogen and oxygen atoms in total. The van der Waals surface area contributed by atoms with Crippen LogP contribution in [0.3, 0.4) is 0 Å². The van der Waals surface area contributed by atoms with Gasteiger partial charge < -0.3 is 11.5 Å². The molecule has 2 rings (SSSR count). The van der Waals surface area contributed by atoms with Gasteiger partial charge >= 0.3 is 0 Å². The zero-order valence-corrected chi connectivity index (χ0v) is 8.28. The van der Waals surface area contributed by atoms with Crippen LogP contribution < -0.4 is 16.5 Å². The van der Waals surface area contributed by atoms with E-state index in [9.17, 15) is 5.21 Å². The standard InChI is InChI=1S/C9H10N6O/c10-7-12-8(11)14-9(13-7)15(16)6-4-2-1-3-5-6/h1-5,16H,(H4,10,11,12,13,14). The molecule has 1 aromatic heterocycles. The van der Waals surface area contributed by atoms with Gasteiger partial charge in [0.2, 0.25) is 11.9 Å². The molecule has 0 aliphatic carbocycles. The number of hydrogen-bond donors (Lipinski definition) is 3. The number of anilines is 4. The lowest BCUT2D eigenvalue weighted by molar-refractivity contribution is 0.294. The molecule has 1 aromatic carbocycles. The van der Waals surface area contributed by atoms with Crippen molar-refractivity contribution < 1.29 is 5.21 Å². The molecule has 2 aromatic rings. The minimum atomic E-state index is -0.0440. The molecule has 0 atom stereocenters. The van der Waals surface area contributed by atoms with Gasteiger partial charge in [-0.3, -0.25) is 5.21 Å². The Hall–Kier alpha value is -2.41. The second-order valence-corrected chi connectivity index (χ2v) is 3.00. The number of nitrogens with two attached hydrogens (primary N) is 2. The Balaban J connectivity index is 2.37. The highest BCUT2D eigenvalue weighted by Gasteiger charge is 2.10. The van der Waals surface area contributed by atoms with Crippen LogP contribution in [-0.2, 0) is 0 Å². The molecule has 0 saturated heterocycles. The summed E-state index contributed by atoms with van der Waals surface area (Å²) in [4.78, 5) is 11.1. The van der Waals surface area contributed by atoms with Crippen LogP contribution in [0.5, 0.6) is 0 Å². The fraction of sp³-hybridized carbons (Fsp3) is 0. The van der Waals surface area contributed by atoms with E-state index in [0.29, 0.717) is 5.69 Å². The predicted octanol–water partition coefficient (Wildman–Crippen LogP) is 0.563. The Kier molecular flexibility index (Phi) is 2.52. The molecule has 1 heterocycles. The van der Waals surface area contributed by atoms with Crippen LogP contribution in [0, 0.1) is 0 Å². The Morgan fingerprint density at radius 3 is 2.06 bits per heavy atom. The van der Waals surface area contributed by atoms with Crippen molar-refractivity contribution in [2.75, 3.05) is 16.5 Å². The van der Waals surface area contributed by atoms with Gasteiger partial charge in [-0.2, -0.15) is 20.0 Å². The smallest absolute Gasteiger partial charge is 0.261 e. The third kappa shape index (κ3) is 1.98. The molecule has 0 bridgehead atoms. The van der Waals surface area contributed by atoms with Gasteiger partial charge in [-0.1, -0.05) is 18.2 Å². The van der Waals surface area contributed by atoms with Crippen molar-refractivity contribution in [3.05, 3.63) is 30.3 Å². The van der Waals surface area contributed by atoms with Crippen LogP contribution >= 0.6 is 0 Å². The number of aromatic nitrogens is 3. The van der Waals surface area contributed by atoms with Crippen molar-refractivity contribution in [2.24, 2.45) is 0 Å². The minimum Gasteiger partial charge on any atom is -0.368 e. The van der Waals surface area contributed by atoms with E-state index in [2.05, 4.69) is 15.0 Å². The summed E-state index contributed by atoms with van der Waals surface area (Å²) in [7, 11) is 0. The molecule has 16 heavy (non-hydrogen) atoms. The first-order valence-corrected chi connectivity index (χ1v) is 4.48. The topological polar surface area (TPSA) is 114 Å². The zero-order chi connectivity index (χ0) is 11.5. The summed E-state index contributed by atoms with van der Waals surface area (Å²) in [6, 6.07) is 8.75. The highest BCUT2D eigenvalue weighted by molar-refractivity contribution is 5.54. The van der Waals surface area contributed by atoms with E-state index in [-0.39, 0.29) is 17.8 Å². The van der Waals surface area contributed by atoms with Crippen molar-refractivity contribution in [3.63, 3.8) is 0 Å². The van der Waals surface area contributed by atoms with Gasteiger partial charge in [0.1, 0.15) is 0 Å². The molecule has 82 valence electrons. The molecular weight excluding hydrogens is 208 g/mol. The van der Waals surface area contributed by atoms with Gasteiger partial charge in [-0.25, -0.2) is 0 Å². The van der Waals surface area contributed by atoms with Gasteiger partial charge in [0.15, 0.2) is 0 Å². The molecule has 0 radical (unpaired) electrons. The van der Waals surface area contributed by atoms with Crippen molar-refractivity contribution in [1.82, 2.24) is 15.0 Å². The quantitative estimate of drug-likeness (QED) is 0.631. The molecule has 0 aliphatic rings. The van der Waals surface area contributed by atoms with Crippen LogP contribution in [0.1, 0.15) is 0 Å². The van der Waals surface area contributed by atoms with Crippen LogP contribution in [-0.4, -0.2) is 20.2 Å². The predicted molar refractivity (Wildman–Crippen MR) is 59.0 cm³/mol.